The highest BCUT2D eigenvalue weighted by atomic mass is 32.2. The molecule has 5 nitrogen and oxygen atoms in total. The van der Waals surface area contributed by atoms with Crippen LogP contribution in [0.1, 0.15) is 12.5 Å². The standard InChI is InChI=1S/C18H18N4OS/c1-2-22-16-11-7-6-10-15(16)20-18(22)24-13-17(23)21-19-12-14-8-4-3-5-9-14/h3-12H,2,13H2,1H3,(H,21,23)/p+1. The lowest BCUT2D eigenvalue weighted by Gasteiger charge is -1.99. The van der Waals surface area contributed by atoms with Gasteiger partial charge in [0.15, 0.2) is 11.0 Å². The zero-order chi connectivity index (χ0) is 16.8. The second-order valence-corrected chi connectivity index (χ2v) is 6.15. The number of carbonyl (C=O) groups is 1. The van der Waals surface area contributed by atoms with E-state index in [1.54, 1.807) is 6.21 Å². The molecule has 0 atom stereocenters. The van der Waals surface area contributed by atoms with E-state index >= 15 is 0 Å². The first kappa shape index (κ1) is 16.3. The Kier molecular flexibility index (Phi) is 5.28. The second kappa shape index (κ2) is 7.79. The first-order valence-corrected chi connectivity index (χ1v) is 8.77. The molecule has 0 saturated heterocycles. The molecule has 6 heteroatoms. The Labute approximate surface area is 144 Å². The number of hydrogen-bond acceptors (Lipinski definition) is 3. The van der Waals surface area contributed by atoms with E-state index in [4.69, 9.17) is 0 Å². The number of fused-ring (bicyclic) bond motifs is 1. The van der Waals surface area contributed by atoms with Crippen LogP contribution in [0.2, 0.25) is 0 Å². The number of benzene rings is 2. The van der Waals surface area contributed by atoms with E-state index in [-0.39, 0.29) is 5.91 Å². The summed E-state index contributed by atoms with van der Waals surface area (Å²) in [6, 6.07) is 17.8. The molecule has 0 aliphatic heterocycles. The van der Waals surface area contributed by atoms with Crippen molar-refractivity contribution in [3.05, 3.63) is 60.2 Å². The Bertz CT molecular complexity index is 858. The van der Waals surface area contributed by atoms with Gasteiger partial charge in [0.05, 0.1) is 18.5 Å². The number of aromatic nitrogens is 2. The molecule has 1 aromatic heterocycles. The van der Waals surface area contributed by atoms with Crippen LogP contribution in [0.5, 0.6) is 0 Å². The van der Waals surface area contributed by atoms with Gasteiger partial charge in [-0.25, -0.2) is 15.0 Å². The summed E-state index contributed by atoms with van der Waals surface area (Å²) in [5, 5.41) is 4.96. The summed E-state index contributed by atoms with van der Waals surface area (Å²) >= 11 is 1.47. The van der Waals surface area contributed by atoms with Crippen molar-refractivity contribution < 1.29 is 9.36 Å². The fourth-order valence-electron chi connectivity index (χ4n) is 2.42. The predicted octanol–water partition coefficient (Wildman–Crippen LogP) is 2.72. The van der Waals surface area contributed by atoms with E-state index in [1.807, 2.05) is 48.5 Å². The Morgan fingerprint density at radius 2 is 1.96 bits per heavy atom. The fraction of sp³-hybridized carbons (Fsp3) is 0.167. The first-order chi connectivity index (χ1) is 11.8. The molecule has 0 radical (unpaired) electrons. The quantitative estimate of drug-likeness (QED) is 0.314. The molecule has 24 heavy (non-hydrogen) atoms. The molecule has 3 rings (SSSR count). The van der Waals surface area contributed by atoms with Crippen LogP contribution >= 0.6 is 11.8 Å². The van der Waals surface area contributed by atoms with Crippen LogP contribution in [-0.4, -0.2) is 22.9 Å². The van der Waals surface area contributed by atoms with E-state index in [0.29, 0.717) is 5.75 Å². The average molecular weight is 339 g/mol. The SMILES string of the molecule is CC[n+]1c(SCC(=O)NN=Cc2ccccc2)[nH]c2ccccc21. The highest BCUT2D eigenvalue weighted by Crippen LogP contribution is 2.17. The third-order valence-corrected chi connectivity index (χ3v) is 4.54. The molecule has 0 fully saturated rings. The summed E-state index contributed by atoms with van der Waals surface area (Å²) in [6.07, 6.45) is 1.64. The number of thioether (sulfide) groups is 1. The summed E-state index contributed by atoms with van der Waals surface area (Å²) in [7, 11) is 0. The summed E-state index contributed by atoms with van der Waals surface area (Å²) < 4.78 is 2.17. The molecule has 0 saturated carbocycles. The zero-order valence-electron chi connectivity index (χ0n) is 13.4. The van der Waals surface area contributed by atoms with Gasteiger partial charge in [0.1, 0.15) is 0 Å². The lowest BCUT2D eigenvalue weighted by molar-refractivity contribution is -0.705. The summed E-state index contributed by atoms with van der Waals surface area (Å²) in [5.74, 6) is 0.173. The van der Waals surface area contributed by atoms with E-state index < -0.39 is 0 Å². The molecule has 0 bridgehead atoms. The number of para-hydroxylation sites is 2. The number of aryl methyl sites for hydroxylation is 1. The number of hydrogen-bond donors (Lipinski definition) is 2. The molecule has 122 valence electrons. The van der Waals surface area contributed by atoms with Gasteiger partial charge >= 0.3 is 5.16 Å². The number of imidazole rings is 1. The van der Waals surface area contributed by atoms with Crippen LogP contribution < -0.4 is 9.99 Å². The Hall–Kier alpha value is -2.60. The van der Waals surface area contributed by atoms with Crippen LogP contribution in [0, 0.1) is 0 Å². The van der Waals surface area contributed by atoms with Gasteiger partial charge in [-0.15, -0.1) is 0 Å². The van der Waals surface area contributed by atoms with Crippen molar-refractivity contribution in [1.82, 2.24) is 10.4 Å². The average Bonchev–Trinajstić information content (AvgIpc) is 2.98. The predicted molar refractivity (Wildman–Crippen MR) is 97.1 cm³/mol. The number of carbonyl (C=O) groups excluding carboxylic acids is 1. The molecule has 0 aliphatic rings. The van der Waals surface area contributed by atoms with Crippen molar-refractivity contribution in [3.63, 3.8) is 0 Å². The maximum absolute atomic E-state index is 12.0. The monoisotopic (exact) mass is 339 g/mol. The molecule has 2 aromatic carbocycles. The molecule has 1 amide bonds. The van der Waals surface area contributed by atoms with Crippen molar-refractivity contribution in [3.8, 4) is 0 Å². The van der Waals surface area contributed by atoms with E-state index in [2.05, 4.69) is 33.1 Å². The van der Waals surface area contributed by atoms with Gasteiger partial charge in [0, 0.05) is 0 Å². The van der Waals surface area contributed by atoms with Gasteiger partial charge in [0.25, 0.3) is 5.91 Å². The lowest BCUT2D eigenvalue weighted by Crippen LogP contribution is -2.34. The highest BCUT2D eigenvalue weighted by Gasteiger charge is 2.18. The molecule has 2 N–H and O–H groups in total. The number of amides is 1. The molecule has 3 aromatic rings. The molecule has 0 unspecified atom stereocenters. The number of aromatic amines is 1. The van der Waals surface area contributed by atoms with Crippen molar-refractivity contribution in [1.29, 1.82) is 0 Å². The molecule has 1 heterocycles. The number of H-pyrrole nitrogens is 1. The zero-order valence-corrected chi connectivity index (χ0v) is 14.2. The van der Waals surface area contributed by atoms with Crippen molar-refractivity contribution >= 4 is 34.9 Å². The van der Waals surface area contributed by atoms with Crippen LogP contribution in [0.15, 0.2) is 64.9 Å². The Morgan fingerprint density at radius 1 is 1.21 bits per heavy atom. The third-order valence-electron chi connectivity index (χ3n) is 3.54. The summed E-state index contributed by atoms with van der Waals surface area (Å²) in [4.78, 5) is 15.3. The smallest absolute Gasteiger partial charge is 0.272 e. The molecule has 0 spiro atoms. The summed E-state index contributed by atoms with van der Waals surface area (Å²) in [5.41, 5.74) is 5.73. The largest absolute Gasteiger partial charge is 0.317 e. The summed E-state index contributed by atoms with van der Waals surface area (Å²) in [6.45, 7) is 2.94. The number of nitrogens with zero attached hydrogens (tertiary/aromatic N) is 2. The molecular formula is C18H19N4OS+. The van der Waals surface area contributed by atoms with Crippen molar-refractivity contribution in [2.45, 2.75) is 18.6 Å². The minimum atomic E-state index is -0.131. The van der Waals surface area contributed by atoms with Gasteiger partial charge in [-0.05, 0) is 36.4 Å². The van der Waals surface area contributed by atoms with Crippen LogP contribution in [-0.2, 0) is 11.3 Å². The van der Waals surface area contributed by atoms with Crippen LogP contribution in [0.3, 0.4) is 0 Å². The van der Waals surface area contributed by atoms with Gasteiger partial charge in [-0.3, -0.25) is 4.79 Å². The maximum Gasteiger partial charge on any atom is 0.317 e. The Morgan fingerprint density at radius 3 is 2.75 bits per heavy atom. The topological polar surface area (TPSA) is 61.1 Å². The van der Waals surface area contributed by atoms with E-state index in [1.165, 1.54) is 11.8 Å². The lowest BCUT2D eigenvalue weighted by atomic mass is 10.2. The second-order valence-electron chi connectivity index (χ2n) is 5.18. The highest BCUT2D eigenvalue weighted by molar-refractivity contribution is 7.99. The minimum absolute atomic E-state index is 0.131. The minimum Gasteiger partial charge on any atom is -0.272 e. The van der Waals surface area contributed by atoms with E-state index in [9.17, 15) is 4.79 Å². The molecular weight excluding hydrogens is 320 g/mol. The Balaban J connectivity index is 1.59. The van der Waals surface area contributed by atoms with Crippen molar-refractivity contribution in [2.24, 2.45) is 5.10 Å². The number of rotatable bonds is 6. The number of nitrogens with one attached hydrogen (secondary N) is 2. The third kappa shape index (κ3) is 3.83. The van der Waals surface area contributed by atoms with E-state index in [0.717, 1.165) is 28.3 Å². The first-order valence-electron chi connectivity index (χ1n) is 7.78. The fourth-order valence-corrected chi connectivity index (χ4v) is 3.32. The van der Waals surface area contributed by atoms with Gasteiger partial charge in [-0.1, -0.05) is 42.5 Å². The van der Waals surface area contributed by atoms with Crippen molar-refractivity contribution in [2.75, 3.05) is 5.75 Å². The van der Waals surface area contributed by atoms with Crippen LogP contribution in [0.4, 0.5) is 0 Å². The maximum atomic E-state index is 12.0. The molecule has 0 aliphatic carbocycles. The van der Waals surface area contributed by atoms with Gasteiger partial charge in [-0.2, -0.15) is 5.10 Å². The van der Waals surface area contributed by atoms with Crippen LogP contribution in [0.25, 0.3) is 11.0 Å². The van der Waals surface area contributed by atoms with Gasteiger partial charge in [0.2, 0.25) is 0 Å². The number of hydrazone groups is 1. The van der Waals surface area contributed by atoms with Gasteiger partial charge < -0.3 is 0 Å². The normalized spacial score (nSPS) is 11.2.